The average molecular weight is 500 g/mol. The van der Waals surface area contributed by atoms with Crippen molar-refractivity contribution in [2.75, 3.05) is 11.1 Å². The number of nitrogens with one attached hydrogen (secondary N) is 1. The third kappa shape index (κ3) is 4.78. The molecule has 0 aliphatic rings. The van der Waals surface area contributed by atoms with Gasteiger partial charge < -0.3 is 9.88 Å². The van der Waals surface area contributed by atoms with Gasteiger partial charge in [-0.15, -0.1) is 10.2 Å². The molecule has 0 aliphatic carbocycles. The lowest BCUT2D eigenvalue weighted by Crippen LogP contribution is -2.15. The Bertz CT molecular complexity index is 1530. The molecule has 35 heavy (non-hydrogen) atoms. The first kappa shape index (κ1) is 23.1. The molecule has 8 heteroatoms. The van der Waals surface area contributed by atoms with Crippen molar-refractivity contribution in [3.8, 4) is 22.6 Å². The van der Waals surface area contributed by atoms with E-state index in [1.54, 1.807) is 6.07 Å². The number of anilines is 1. The molecule has 1 N–H and O–H groups in total. The Morgan fingerprint density at radius 2 is 1.77 bits per heavy atom. The predicted molar refractivity (Wildman–Crippen MR) is 143 cm³/mol. The summed E-state index contributed by atoms with van der Waals surface area (Å²) < 4.78 is 1.92. The number of carbonyl (C=O) groups is 1. The number of thioether (sulfide) groups is 1. The van der Waals surface area contributed by atoms with Crippen LogP contribution >= 0.6 is 23.4 Å². The lowest BCUT2D eigenvalue weighted by molar-refractivity contribution is -0.113. The minimum Gasteiger partial charge on any atom is -0.325 e. The number of aromatic nitrogens is 4. The van der Waals surface area contributed by atoms with Crippen LogP contribution in [0.1, 0.15) is 5.56 Å². The first-order chi connectivity index (χ1) is 17.0. The van der Waals surface area contributed by atoms with E-state index < -0.39 is 0 Å². The molecule has 0 bridgehead atoms. The first-order valence-electron chi connectivity index (χ1n) is 11.0. The van der Waals surface area contributed by atoms with Gasteiger partial charge >= 0.3 is 0 Å². The number of fused-ring (bicyclic) bond motifs is 1. The summed E-state index contributed by atoms with van der Waals surface area (Å²) in [6.07, 6.45) is 0. The summed E-state index contributed by atoms with van der Waals surface area (Å²) in [5.41, 5.74) is 5.27. The van der Waals surface area contributed by atoms with E-state index >= 15 is 0 Å². The molecule has 0 atom stereocenters. The second-order valence-electron chi connectivity index (χ2n) is 8.05. The zero-order valence-electron chi connectivity index (χ0n) is 19.2. The summed E-state index contributed by atoms with van der Waals surface area (Å²) in [4.78, 5) is 17.4. The van der Waals surface area contributed by atoms with E-state index in [4.69, 9.17) is 16.6 Å². The van der Waals surface area contributed by atoms with Crippen LogP contribution in [0.4, 0.5) is 5.69 Å². The van der Waals surface area contributed by atoms with Crippen LogP contribution in [0.5, 0.6) is 0 Å². The maximum absolute atomic E-state index is 12.6. The molecule has 6 nitrogen and oxygen atoms in total. The summed E-state index contributed by atoms with van der Waals surface area (Å²) >= 11 is 7.50. The first-order valence-corrected chi connectivity index (χ1v) is 12.4. The average Bonchev–Trinajstić information content (AvgIpc) is 3.25. The summed E-state index contributed by atoms with van der Waals surface area (Å²) in [5.74, 6) is 0.782. The Balaban J connectivity index is 1.42. The van der Waals surface area contributed by atoms with Crippen LogP contribution in [-0.2, 0) is 11.8 Å². The van der Waals surface area contributed by atoms with Crippen molar-refractivity contribution < 1.29 is 4.79 Å². The molecule has 0 aliphatic heterocycles. The smallest absolute Gasteiger partial charge is 0.234 e. The van der Waals surface area contributed by atoms with Gasteiger partial charge in [0.05, 0.1) is 17.0 Å². The van der Waals surface area contributed by atoms with Gasteiger partial charge in [0.1, 0.15) is 0 Å². The lowest BCUT2D eigenvalue weighted by Gasteiger charge is -2.11. The molecular weight excluding hydrogens is 478 g/mol. The van der Waals surface area contributed by atoms with E-state index in [9.17, 15) is 4.79 Å². The number of pyridine rings is 1. The number of para-hydroxylation sites is 1. The van der Waals surface area contributed by atoms with Crippen LogP contribution < -0.4 is 5.32 Å². The van der Waals surface area contributed by atoms with Gasteiger partial charge in [-0.05, 0) is 36.8 Å². The van der Waals surface area contributed by atoms with Crippen molar-refractivity contribution in [1.29, 1.82) is 0 Å². The Kier molecular flexibility index (Phi) is 6.53. The topological polar surface area (TPSA) is 72.7 Å². The highest BCUT2D eigenvalue weighted by Gasteiger charge is 2.17. The van der Waals surface area contributed by atoms with E-state index in [1.165, 1.54) is 11.8 Å². The van der Waals surface area contributed by atoms with Crippen LogP contribution in [0.3, 0.4) is 0 Å². The molecule has 174 valence electrons. The van der Waals surface area contributed by atoms with Crippen molar-refractivity contribution in [3.63, 3.8) is 0 Å². The zero-order valence-corrected chi connectivity index (χ0v) is 20.8. The molecule has 5 rings (SSSR count). The number of hydrogen-bond donors (Lipinski definition) is 1. The van der Waals surface area contributed by atoms with Gasteiger partial charge in [0.15, 0.2) is 11.0 Å². The Hall–Kier alpha value is -3.68. The number of benzene rings is 3. The Morgan fingerprint density at radius 1 is 1.00 bits per heavy atom. The van der Waals surface area contributed by atoms with E-state index in [0.717, 1.165) is 39.1 Å². The van der Waals surface area contributed by atoms with Crippen molar-refractivity contribution in [2.45, 2.75) is 12.1 Å². The highest BCUT2D eigenvalue weighted by molar-refractivity contribution is 7.99. The van der Waals surface area contributed by atoms with Crippen molar-refractivity contribution in [1.82, 2.24) is 19.7 Å². The molecule has 1 amide bonds. The minimum atomic E-state index is -0.134. The number of hydrogen-bond acceptors (Lipinski definition) is 5. The predicted octanol–water partition coefficient (Wildman–Crippen LogP) is 6.39. The fourth-order valence-electron chi connectivity index (χ4n) is 3.85. The molecule has 2 aromatic heterocycles. The van der Waals surface area contributed by atoms with Gasteiger partial charge in [-0.1, -0.05) is 78.0 Å². The second kappa shape index (κ2) is 9.90. The van der Waals surface area contributed by atoms with Crippen molar-refractivity contribution in [3.05, 3.63) is 89.4 Å². The zero-order chi connectivity index (χ0) is 24.4. The standard InChI is InChI=1S/C27H22ClN5OS/c1-17-21(28)12-8-14-22(17)30-25(34)16-35-27-32-31-26(33(27)2)20-15-24(18-9-4-3-5-10-18)29-23-13-7-6-11-19(20)23/h3-15H,16H2,1-2H3,(H,30,34). The molecule has 0 unspecified atom stereocenters. The van der Waals surface area contributed by atoms with Gasteiger partial charge in [0, 0.05) is 34.3 Å². The normalized spacial score (nSPS) is 11.1. The third-order valence-corrected chi connectivity index (χ3v) is 7.17. The van der Waals surface area contributed by atoms with Gasteiger partial charge in [0.2, 0.25) is 5.91 Å². The molecule has 0 fully saturated rings. The van der Waals surface area contributed by atoms with Gasteiger partial charge in [-0.3, -0.25) is 4.79 Å². The molecular formula is C27H22ClN5OS. The quantitative estimate of drug-likeness (QED) is 0.274. The van der Waals surface area contributed by atoms with Crippen molar-refractivity contribution in [2.24, 2.45) is 7.05 Å². The number of halogens is 1. The SMILES string of the molecule is Cc1c(Cl)cccc1NC(=O)CSc1nnc(-c2cc(-c3ccccc3)nc3ccccc23)n1C. The van der Waals surface area contributed by atoms with Crippen LogP contribution in [0.2, 0.25) is 5.02 Å². The highest BCUT2D eigenvalue weighted by Crippen LogP contribution is 2.32. The molecule has 0 radical (unpaired) electrons. The van der Waals surface area contributed by atoms with Gasteiger partial charge in [-0.25, -0.2) is 4.98 Å². The van der Waals surface area contributed by atoms with E-state index in [-0.39, 0.29) is 11.7 Å². The third-order valence-electron chi connectivity index (χ3n) is 5.74. The lowest BCUT2D eigenvalue weighted by atomic mass is 10.0. The van der Waals surface area contributed by atoms with Gasteiger partial charge in [0.25, 0.3) is 0 Å². The van der Waals surface area contributed by atoms with E-state index in [0.29, 0.717) is 15.9 Å². The minimum absolute atomic E-state index is 0.134. The summed E-state index contributed by atoms with van der Waals surface area (Å²) in [6, 6.07) is 25.6. The molecule has 0 saturated carbocycles. The highest BCUT2D eigenvalue weighted by atomic mass is 35.5. The molecule has 3 aromatic carbocycles. The number of amides is 1. The summed E-state index contributed by atoms with van der Waals surface area (Å²) in [5, 5.41) is 14.0. The maximum Gasteiger partial charge on any atom is 0.234 e. The fraction of sp³-hybridized carbons (Fsp3) is 0.111. The number of nitrogens with zero attached hydrogens (tertiary/aromatic N) is 4. The Labute approximate surface area is 212 Å². The van der Waals surface area contributed by atoms with Gasteiger partial charge in [-0.2, -0.15) is 0 Å². The van der Waals surface area contributed by atoms with Crippen LogP contribution in [0.15, 0.2) is 84.0 Å². The van der Waals surface area contributed by atoms with E-state index in [2.05, 4.69) is 15.5 Å². The molecule has 0 spiro atoms. The molecule has 5 aromatic rings. The Morgan fingerprint density at radius 3 is 2.60 bits per heavy atom. The monoisotopic (exact) mass is 499 g/mol. The van der Waals surface area contributed by atoms with Crippen LogP contribution in [-0.4, -0.2) is 31.4 Å². The number of carbonyl (C=O) groups excluding carboxylic acids is 1. The molecule has 2 heterocycles. The molecule has 0 saturated heterocycles. The van der Waals surface area contributed by atoms with Crippen LogP contribution in [0, 0.1) is 6.92 Å². The van der Waals surface area contributed by atoms with Crippen LogP contribution in [0.25, 0.3) is 33.5 Å². The van der Waals surface area contributed by atoms with Crippen molar-refractivity contribution >= 4 is 45.9 Å². The summed E-state index contributed by atoms with van der Waals surface area (Å²) in [7, 11) is 1.91. The summed E-state index contributed by atoms with van der Waals surface area (Å²) in [6.45, 7) is 1.88. The number of rotatable bonds is 6. The largest absolute Gasteiger partial charge is 0.325 e. The maximum atomic E-state index is 12.6. The van der Waals surface area contributed by atoms with E-state index in [1.807, 2.05) is 91.3 Å². The fourth-order valence-corrected chi connectivity index (χ4v) is 4.74. The second-order valence-corrected chi connectivity index (χ2v) is 9.40.